The second-order valence-corrected chi connectivity index (χ2v) is 5.09. The van der Waals surface area contributed by atoms with Gasteiger partial charge >= 0.3 is 0 Å². The zero-order chi connectivity index (χ0) is 11.5. The lowest BCUT2D eigenvalue weighted by atomic mass is 9.87. The summed E-state index contributed by atoms with van der Waals surface area (Å²) in [5.41, 5.74) is 2.08. The fraction of sp³-hybridized carbons (Fsp3) is 0.692. The van der Waals surface area contributed by atoms with Gasteiger partial charge in [-0.3, -0.25) is 0 Å². The number of nitrogens with zero attached hydrogens (tertiary/aromatic N) is 2. The summed E-state index contributed by atoms with van der Waals surface area (Å²) in [4.78, 5) is 8.86. The summed E-state index contributed by atoms with van der Waals surface area (Å²) in [5, 5.41) is 3.47. The third-order valence-corrected chi connectivity index (χ3v) is 3.25. The normalized spacial score (nSPS) is 25.4. The van der Waals surface area contributed by atoms with E-state index in [0.29, 0.717) is 6.04 Å². The number of hydrogen-bond donors (Lipinski definition) is 1. The predicted octanol–water partition coefficient (Wildman–Crippen LogP) is 3.08. The summed E-state index contributed by atoms with van der Waals surface area (Å²) in [6.07, 6.45) is 5.19. The zero-order valence-corrected chi connectivity index (χ0v) is 10.5. The third kappa shape index (κ3) is 2.94. The Morgan fingerprint density at radius 2 is 1.88 bits per heavy atom. The van der Waals surface area contributed by atoms with Crippen LogP contribution >= 0.6 is 0 Å². The fourth-order valence-electron chi connectivity index (χ4n) is 2.54. The monoisotopic (exact) mass is 219 g/mol. The van der Waals surface area contributed by atoms with Crippen LogP contribution in [0.25, 0.3) is 0 Å². The molecule has 16 heavy (non-hydrogen) atoms. The number of rotatable bonds is 2. The van der Waals surface area contributed by atoms with Crippen LogP contribution in [0, 0.1) is 19.8 Å². The van der Waals surface area contributed by atoms with Gasteiger partial charge in [-0.1, -0.05) is 19.8 Å². The predicted molar refractivity (Wildman–Crippen MR) is 66.5 cm³/mol. The summed E-state index contributed by atoms with van der Waals surface area (Å²) in [5.74, 6) is 1.63. The molecule has 0 aromatic carbocycles. The van der Waals surface area contributed by atoms with Gasteiger partial charge in [0.2, 0.25) is 5.95 Å². The molecule has 1 saturated carbocycles. The number of hydrogen-bond acceptors (Lipinski definition) is 3. The number of anilines is 1. The van der Waals surface area contributed by atoms with Crippen molar-refractivity contribution in [2.24, 2.45) is 5.92 Å². The second-order valence-electron chi connectivity index (χ2n) is 5.09. The Hall–Kier alpha value is -1.12. The van der Waals surface area contributed by atoms with Gasteiger partial charge in [-0.05, 0) is 38.7 Å². The van der Waals surface area contributed by atoms with Crippen molar-refractivity contribution in [1.29, 1.82) is 0 Å². The molecule has 1 aromatic rings. The van der Waals surface area contributed by atoms with Crippen LogP contribution < -0.4 is 5.32 Å². The standard InChI is InChI=1S/C13H21N3/c1-9-5-4-6-12(7-9)16-13-14-10(2)8-11(3)15-13/h8-9,12H,4-7H2,1-3H3,(H,14,15,16). The van der Waals surface area contributed by atoms with Crippen molar-refractivity contribution in [2.75, 3.05) is 5.32 Å². The molecule has 0 spiro atoms. The Labute approximate surface area is 97.7 Å². The molecule has 88 valence electrons. The van der Waals surface area contributed by atoms with Gasteiger partial charge < -0.3 is 5.32 Å². The Balaban J connectivity index is 2.02. The topological polar surface area (TPSA) is 37.8 Å². The molecular formula is C13H21N3. The first-order valence-electron chi connectivity index (χ1n) is 6.22. The second kappa shape index (κ2) is 4.81. The lowest BCUT2D eigenvalue weighted by molar-refractivity contribution is 0.357. The first-order valence-corrected chi connectivity index (χ1v) is 6.22. The molecule has 1 aliphatic carbocycles. The van der Waals surface area contributed by atoms with Crippen LogP contribution in [0.3, 0.4) is 0 Å². The molecule has 3 heteroatoms. The van der Waals surface area contributed by atoms with Crippen LogP contribution in [0.5, 0.6) is 0 Å². The van der Waals surface area contributed by atoms with Crippen LogP contribution in [-0.4, -0.2) is 16.0 Å². The largest absolute Gasteiger partial charge is 0.351 e. The number of nitrogens with one attached hydrogen (secondary N) is 1. The first-order chi connectivity index (χ1) is 7.63. The molecule has 1 heterocycles. The number of aromatic nitrogens is 2. The SMILES string of the molecule is Cc1cc(C)nc(NC2CCCC(C)C2)n1. The average Bonchev–Trinajstić information content (AvgIpc) is 2.15. The summed E-state index contributed by atoms with van der Waals surface area (Å²) >= 11 is 0. The van der Waals surface area contributed by atoms with E-state index in [1.54, 1.807) is 0 Å². The van der Waals surface area contributed by atoms with Crippen molar-refractivity contribution in [3.8, 4) is 0 Å². The highest BCUT2D eigenvalue weighted by molar-refractivity contribution is 5.29. The number of aryl methyl sites for hydroxylation is 2. The van der Waals surface area contributed by atoms with Gasteiger partial charge in [0, 0.05) is 17.4 Å². The molecule has 0 saturated heterocycles. The van der Waals surface area contributed by atoms with Crippen molar-refractivity contribution in [3.05, 3.63) is 17.5 Å². The van der Waals surface area contributed by atoms with Crippen molar-refractivity contribution in [3.63, 3.8) is 0 Å². The Morgan fingerprint density at radius 3 is 2.50 bits per heavy atom. The van der Waals surface area contributed by atoms with Crippen molar-refractivity contribution in [1.82, 2.24) is 9.97 Å². The molecule has 0 radical (unpaired) electrons. The van der Waals surface area contributed by atoms with Gasteiger partial charge in [0.15, 0.2) is 0 Å². The molecule has 0 aliphatic heterocycles. The zero-order valence-electron chi connectivity index (χ0n) is 10.5. The molecule has 1 aliphatic rings. The molecule has 2 unspecified atom stereocenters. The maximum atomic E-state index is 4.43. The van der Waals surface area contributed by atoms with E-state index in [9.17, 15) is 0 Å². The van der Waals surface area contributed by atoms with Crippen LogP contribution in [0.2, 0.25) is 0 Å². The van der Waals surface area contributed by atoms with Crippen molar-refractivity contribution >= 4 is 5.95 Å². The van der Waals surface area contributed by atoms with Crippen molar-refractivity contribution < 1.29 is 0 Å². The highest BCUT2D eigenvalue weighted by Gasteiger charge is 2.19. The molecule has 2 rings (SSSR count). The van der Waals surface area contributed by atoms with E-state index in [4.69, 9.17) is 0 Å². The lowest BCUT2D eigenvalue weighted by Crippen LogP contribution is -2.27. The summed E-state index contributed by atoms with van der Waals surface area (Å²) < 4.78 is 0. The minimum atomic E-state index is 0.560. The summed E-state index contributed by atoms with van der Waals surface area (Å²) in [7, 11) is 0. The molecule has 1 aromatic heterocycles. The maximum absolute atomic E-state index is 4.43. The molecule has 1 fully saturated rings. The van der Waals surface area contributed by atoms with E-state index >= 15 is 0 Å². The van der Waals surface area contributed by atoms with Crippen molar-refractivity contribution in [2.45, 2.75) is 52.5 Å². The summed E-state index contributed by atoms with van der Waals surface area (Å²) in [6, 6.07) is 2.57. The fourth-order valence-corrected chi connectivity index (χ4v) is 2.54. The van der Waals surface area contributed by atoms with Gasteiger partial charge in [0.25, 0.3) is 0 Å². The summed E-state index contributed by atoms with van der Waals surface area (Å²) in [6.45, 7) is 6.36. The molecular weight excluding hydrogens is 198 g/mol. The minimum absolute atomic E-state index is 0.560. The quantitative estimate of drug-likeness (QED) is 0.830. The highest BCUT2D eigenvalue weighted by atomic mass is 15.1. The molecule has 0 amide bonds. The first kappa shape index (κ1) is 11.4. The Morgan fingerprint density at radius 1 is 1.19 bits per heavy atom. The van der Waals surface area contributed by atoms with Crippen LogP contribution in [0.4, 0.5) is 5.95 Å². The Bertz CT molecular complexity index is 342. The molecule has 2 atom stereocenters. The van der Waals surface area contributed by atoms with E-state index in [-0.39, 0.29) is 0 Å². The van der Waals surface area contributed by atoms with Gasteiger partial charge in [0.05, 0.1) is 0 Å². The molecule has 1 N–H and O–H groups in total. The van der Waals surface area contributed by atoms with Gasteiger partial charge in [-0.25, -0.2) is 9.97 Å². The lowest BCUT2D eigenvalue weighted by Gasteiger charge is -2.27. The third-order valence-electron chi connectivity index (χ3n) is 3.25. The smallest absolute Gasteiger partial charge is 0.223 e. The van der Waals surface area contributed by atoms with Crippen LogP contribution in [0.15, 0.2) is 6.07 Å². The molecule has 3 nitrogen and oxygen atoms in total. The average molecular weight is 219 g/mol. The van der Waals surface area contributed by atoms with Crippen LogP contribution in [-0.2, 0) is 0 Å². The highest BCUT2D eigenvalue weighted by Crippen LogP contribution is 2.25. The van der Waals surface area contributed by atoms with Gasteiger partial charge in [0.1, 0.15) is 0 Å². The maximum Gasteiger partial charge on any atom is 0.223 e. The van der Waals surface area contributed by atoms with E-state index in [2.05, 4.69) is 22.2 Å². The molecule has 0 bridgehead atoms. The van der Waals surface area contributed by atoms with Crippen LogP contribution in [0.1, 0.15) is 44.0 Å². The van der Waals surface area contributed by atoms with E-state index in [0.717, 1.165) is 23.3 Å². The minimum Gasteiger partial charge on any atom is -0.351 e. The van der Waals surface area contributed by atoms with E-state index < -0.39 is 0 Å². The van der Waals surface area contributed by atoms with E-state index in [1.807, 2.05) is 19.9 Å². The van der Waals surface area contributed by atoms with Gasteiger partial charge in [-0.15, -0.1) is 0 Å². The van der Waals surface area contributed by atoms with Gasteiger partial charge in [-0.2, -0.15) is 0 Å². The van der Waals surface area contributed by atoms with E-state index in [1.165, 1.54) is 25.7 Å². The Kier molecular flexibility index (Phi) is 3.42.